The zero-order chi connectivity index (χ0) is 13.0. The molecule has 0 saturated carbocycles. The van der Waals surface area contributed by atoms with Crippen LogP contribution < -0.4 is 0 Å². The van der Waals surface area contributed by atoms with Crippen molar-refractivity contribution in [3.63, 3.8) is 0 Å². The summed E-state index contributed by atoms with van der Waals surface area (Å²) in [5.74, 6) is -0.241. The zero-order valence-electron chi connectivity index (χ0n) is 10.2. The minimum absolute atomic E-state index is 0.107. The van der Waals surface area contributed by atoms with Crippen LogP contribution in [0.15, 0.2) is 29.8 Å². The van der Waals surface area contributed by atoms with Gasteiger partial charge in [0.05, 0.1) is 0 Å². The normalized spacial score (nSPS) is 15.3. The molecule has 0 aliphatic heterocycles. The van der Waals surface area contributed by atoms with Gasteiger partial charge in [-0.2, -0.15) is 0 Å². The van der Waals surface area contributed by atoms with Crippen molar-refractivity contribution in [1.29, 1.82) is 0 Å². The van der Waals surface area contributed by atoms with Gasteiger partial charge in [0.15, 0.2) is 0 Å². The molecule has 1 aromatic carbocycles. The molecule has 2 rings (SSSR count). The number of carbonyl (C=O) groups is 1. The predicted octanol–water partition coefficient (Wildman–Crippen LogP) is 4.48. The van der Waals surface area contributed by atoms with Gasteiger partial charge in [-0.15, -0.1) is 0 Å². The Morgan fingerprint density at radius 3 is 2.83 bits per heavy atom. The standard InChI is InChI=1S/C15H16ClFO/c16-15-7-6-13(17)9-12(15)10-14(18)8-11-4-2-1-3-5-11/h4,6-7,9H,1-3,5,8,10H2. The largest absolute Gasteiger partial charge is 0.299 e. The van der Waals surface area contributed by atoms with Crippen LogP contribution in [0.3, 0.4) is 0 Å². The Balaban J connectivity index is 1.98. The number of hydrogen-bond acceptors (Lipinski definition) is 1. The second-order valence-electron chi connectivity index (χ2n) is 4.74. The van der Waals surface area contributed by atoms with E-state index in [9.17, 15) is 9.18 Å². The molecule has 0 saturated heterocycles. The quantitative estimate of drug-likeness (QED) is 0.735. The molecule has 0 radical (unpaired) electrons. The van der Waals surface area contributed by atoms with E-state index in [1.807, 2.05) is 0 Å². The SMILES string of the molecule is O=C(CC1=CCCCC1)Cc1cc(F)ccc1Cl. The van der Waals surface area contributed by atoms with Gasteiger partial charge in [-0.1, -0.05) is 23.3 Å². The summed E-state index contributed by atoms with van der Waals surface area (Å²) in [6.07, 6.45) is 7.33. The maximum absolute atomic E-state index is 13.1. The van der Waals surface area contributed by atoms with E-state index in [0.29, 0.717) is 17.0 Å². The first-order valence-electron chi connectivity index (χ1n) is 6.28. The van der Waals surface area contributed by atoms with Gasteiger partial charge in [0.1, 0.15) is 11.6 Å². The molecule has 1 aromatic rings. The van der Waals surface area contributed by atoms with Gasteiger partial charge in [-0.3, -0.25) is 4.79 Å². The Kier molecular flexibility index (Phi) is 4.54. The lowest BCUT2D eigenvalue weighted by Crippen LogP contribution is -2.06. The second kappa shape index (κ2) is 6.14. The summed E-state index contributed by atoms with van der Waals surface area (Å²) in [4.78, 5) is 11.9. The summed E-state index contributed by atoms with van der Waals surface area (Å²) < 4.78 is 13.1. The summed E-state index contributed by atoms with van der Waals surface area (Å²) in [5, 5.41) is 0.461. The Morgan fingerprint density at radius 2 is 2.11 bits per heavy atom. The molecular weight excluding hydrogens is 251 g/mol. The number of allylic oxidation sites excluding steroid dienone is 2. The van der Waals surface area contributed by atoms with E-state index in [-0.39, 0.29) is 18.0 Å². The van der Waals surface area contributed by atoms with Gasteiger partial charge in [0.2, 0.25) is 0 Å². The molecule has 3 heteroatoms. The fourth-order valence-electron chi connectivity index (χ4n) is 2.27. The Bertz CT molecular complexity index is 479. The lowest BCUT2D eigenvalue weighted by Gasteiger charge is -2.12. The predicted molar refractivity (Wildman–Crippen MR) is 71.3 cm³/mol. The molecular formula is C15H16ClFO. The van der Waals surface area contributed by atoms with Crippen molar-refractivity contribution in [1.82, 2.24) is 0 Å². The van der Waals surface area contributed by atoms with Gasteiger partial charge in [0.25, 0.3) is 0 Å². The van der Waals surface area contributed by atoms with Crippen LogP contribution in [0, 0.1) is 5.82 Å². The number of halogens is 2. The maximum Gasteiger partial charge on any atom is 0.141 e. The molecule has 0 fully saturated rings. The zero-order valence-corrected chi connectivity index (χ0v) is 11.0. The van der Waals surface area contributed by atoms with Gasteiger partial charge >= 0.3 is 0 Å². The molecule has 18 heavy (non-hydrogen) atoms. The third-order valence-corrected chi connectivity index (χ3v) is 3.57. The van der Waals surface area contributed by atoms with E-state index in [2.05, 4.69) is 6.08 Å². The average molecular weight is 267 g/mol. The molecule has 0 heterocycles. The summed E-state index contributed by atoms with van der Waals surface area (Å²) in [6.45, 7) is 0. The molecule has 96 valence electrons. The molecule has 0 atom stereocenters. The van der Waals surface area contributed by atoms with Crippen LogP contribution in [0.2, 0.25) is 5.02 Å². The Morgan fingerprint density at radius 1 is 1.28 bits per heavy atom. The molecule has 1 nitrogen and oxygen atoms in total. The summed E-state index contributed by atoms with van der Waals surface area (Å²) in [6, 6.07) is 4.15. The van der Waals surface area contributed by atoms with Gasteiger partial charge < -0.3 is 0 Å². The summed E-state index contributed by atoms with van der Waals surface area (Å²) in [7, 11) is 0. The fourth-order valence-corrected chi connectivity index (χ4v) is 2.46. The first-order valence-corrected chi connectivity index (χ1v) is 6.66. The third kappa shape index (κ3) is 3.67. The van der Waals surface area contributed by atoms with Gasteiger partial charge in [0, 0.05) is 17.9 Å². The number of Topliss-reactive ketones (excluding diaryl/α,β-unsaturated/α-hetero) is 1. The molecule has 0 unspecified atom stereocenters. The van der Waals surface area contributed by atoms with Crippen LogP contribution in [-0.4, -0.2) is 5.78 Å². The van der Waals surface area contributed by atoms with Crippen LogP contribution in [0.25, 0.3) is 0 Å². The van der Waals surface area contributed by atoms with Gasteiger partial charge in [-0.05, 0) is 49.4 Å². The first kappa shape index (κ1) is 13.3. The lowest BCUT2D eigenvalue weighted by atomic mass is 9.94. The van der Waals surface area contributed by atoms with E-state index >= 15 is 0 Å². The van der Waals surface area contributed by atoms with E-state index in [1.54, 1.807) is 0 Å². The second-order valence-corrected chi connectivity index (χ2v) is 5.14. The van der Waals surface area contributed by atoms with Crippen LogP contribution in [0.4, 0.5) is 4.39 Å². The molecule has 0 bridgehead atoms. The van der Waals surface area contributed by atoms with Crippen LogP contribution in [-0.2, 0) is 11.2 Å². The third-order valence-electron chi connectivity index (χ3n) is 3.20. The van der Waals surface area contributed by atoms with Crippen LogP contribution in [0.1, 0.15) is 37.7 Å². The summed E-state index contributed by atoms with van der Waals surface area (Å²) >= 11 is 5.95. The van der Waals surface area contributed by atoms with Crippen LogP contribution in [0.5, 0.6) is 0 Å². The smallest absolute Gasteiger partial charge is 0.141 e. The van der Waals surface area contributed by atoms with E-state index < -0.39 is 0 Å². The lowest BCUT2D eigenvalue weighted by molar-refractivity contribution is -0.117. The van der Waals surface area contributed by atoms with Crippen molar-refractivity contribution < 1.29 is 9.18 Å². The number of ketones is 1. The van der Waals surface area contributed by atoms with Crippen molar-refractivity contribution in [3.8, 4) is 0 Å². The van der Waals surface area contributed by atoms with Crippen molar-refractivity contribution in [2.24, 2.45) is 0 Å². The highest BCUT2D eigenvalue weighted by atomic mass is 35.5. The van der Waals surface area contributed by atoms with Crippen molar-refractivity contribution in [3.05, 3.63) is 46.3 Å². The fraction of sp³-hybridized carbons (Fsp3) is 0.400. The molecule has 1 aliphatic carbocycles. The average Bonchev–Trinajstić information content (AvgIpc) is 2.35. The minimum Gasteiger partial charge on any atom is -0.299 e. The van der Waals surface area contributed by atoms with E-state index in [1.165, 1.54) is 36.6 Å². The monoisotopic (exact) mass is 266 g/mol. The molecule has 0 N–H and O–H groups in total. The Labute approximate surface area is 112 Å². The Hall–Kier alpha value is -1.15. The van der Waals surface area contributed by atoms with Crippen molar-refractivity contribution in [2.45, 2.75) is 38.5 Å². The number of carbonyl (C=O) groups excluding carboxylic acids is 1. The van der Waals surface area contributed by atoms with Crippen molar-refractivity contribution in [2.75, 3.05) is 0 Å². The molecule has 1 aliphatic rings. The molecule has 0 amide bonds. The van der Waals surface area contributed by atoms with E-state index in [0.717, 1.165) is 12.8 Å². The first-order chi connectivity index (χ1) is 8.65. The number of hydrogen-bond donors (Lipinski definition) is 0. The highest BCUT2D eigenvalue weighted by Gasteiger charge is 2.12. The summed E-state index contributed by atoms with van der Waals surface area (Å²) in [5.41, 5.74) is 1.80. The van der Waals surface area contributed by atoms with Gasteiger partial charge in [-0.25, -0.2) is 4.39 Å². The molecule has 0 spiro atoms. The van der Waals surface area contributed by atoms with E-state index in [4.69, 9.17) is 11.6 Å². The highest BCUT2D eigenvalue weighted by Crippen LogP contribution is 2.23. The highest BCUT2D eigenvalue weighted by molar-refractivity contribution is 6.31. The van der Waals surface area contributed by atoms with Crippen molar-refractivity contribution >= 4 is 17.4 Å². The molecule has 0 aromatic heterocycles. The topological polar surface area (TPSA) is 17.1 Å². The maximum atomic E-state index is 13.1. The van der Waals surface area contributed by atoms with Crippen LogP contribution >= 0.6 is 11.6 Å². The number of benzene rings is 1. The number of rotatable bonds is 4. The minimum atomic E-state index is -0.348.